The van der Waals surface area contributed by atoms with Crippen LogP contribution in [0.2, 0.25) is 0 Å². The Bertz CT molecular complexity index is 939. The Hall–Kier alpha value is -2.89. The van der Waals surface area contributed by atoms with Crippen molar-refractivity contribution < 1.29 is 4.79 Å². The van der Waals surface area contributed by atoms with Gasteiger partial charge in [0, 0.05) is 35.9 Å². The molecule has 4 rings (SSSR count). The Kier molecular flexibility index (Phi) is 4.32. The summed E-state index contributed by atoms with van der Waals surface area (Å²) in [6.45, 7) is 6.09. The largest absolute Gasteiger partial charge is 0.372 e. The predicted octanol–water partition coefficient (Wildman–Crippen LogP) is 3.59. The van der Waals surface area contributed by atoms with Crippen LogP contribution in [0.4, 0.5) is 11.4 Å². The van der Waals surface area contributed by atoms with Crippen molar-refractivity contribution in [3.8, 4) is 0 Å². The summed E-state index contributed by atoms with van der Waals surface area (Å²) in [5.74, 6) is -0.191. The molecule has 3 aromatic rings. The quantitative estimate of drug-likeness (QED) is 0.785. The first-order valence-corrected chi connectivity index (χ1v) is 9.10. The molecule has 134 valence electrons. The maximum absolute atomic E-state index is 12.7. The molecule has 2 aromatic heterocycles. The number of aromatic nitrogens is 3. The van der Waals surface area contributed by atoms with E-state index in [0.29, 0.717) is 11.2 Å². The van der Waals surface area contributed by atoms with Crippen LogP contribution in [0.3, 0.4) is 0 Å². The van der Waals surface area contributed by atoms with E-state index in [9.17, 15) is 4.79 Å². The summed E-state index contributed by atoms with van der Waals surface area (Å²) in [7, 11) is 0. The summed E-state index contributed by atoms with van der Waals surface area (Å²) in [5.41, 5.74) is 4.89. The van der Waals surface area contributed by atoms with Crippen LogP contribution in [0.1, 0.15) is 41.0 Å². The number of carbonyl (C=O) groups is 1. The molecular formula is C20H23N5O. The molecule has 1 saturated heterocycles. The Balaban J connectivity index is 1.53. The van der Waals surface area contributed by atoms with Crippen LogP contribution in [0.5, 0.6) is 0 Å². The van der Waals surface area contributed by atoms with Crippen molar-refractivity contribution in [3.05, 3.63) is 53.5 Å². The number of amides is 1. The van der Waals surface area contributed by atoms with Crippen molar-refractivity contribution >= 4 is 22.9 Å². The van der Waals surface area contributed by atoms with Crippen LogP contribution in [0.15, 0.2) is 36.5 Å². The summed E-state index contributed by atoms with van der Waals surface area (Å²) in [6, 6.07) is 10.0. The second-order valence-electron chi connectivity index (χ2n) is 6.88. The van der Waals surface area contributed by atoms with E-state index in [0.717, 1.165) is 30.2 Å². The van der Waals surface area contributed by atoms with Crippen molar-refractivity contribution in [3.63, 3.8) is 0 Å². The Morgan fingerprint density at radius 2 is 1.81 bits per heavy atom. The highest BCUT2D eigenvalue weighted by Crippen LogP contribution is 2.22. The number of aryl methyl sites for hydroxylation is 2. The number of hydrogen-bond acceptors (Lipinski definition) is 4. The van der Waals surface area contributed by atoms with E-state index in [-0.39, 0.29) is 5.91 Å². The molecule has 1 N–H and O–H groups in total. The van der Waals surface area contributed by atoms with Gasteiger partial charge in [-0.3, -0.25) is 4.79 Å². The smallest absolute Gasteiger partial charge is 0.261 e. The van der Waals surface area contributed by atoms with Gasteiger partial charge in [0.25, 0.3) is 5.91 Å². The summed E-state index contributed by atoms with van der Waals surface area (Å²) >= 11 is 0. The zero-order chi connectivity index (χ0) is 18.1. The van der Waals surface area contributed by atoms with Gasteiger partial charge in [0.15, 0.2) is 5.65 Å². The summed E-state index contributed by atoms with van der Waals surface area (Å²) in [5, 5.41) is 7.24. The average Bonchev–Trinajstić information content (AvgIpc) is 3.07. The second-order valence-corrected chi connectivity index (χ2v) is 6.88. The molecule has 6 nitrogen and oxygen atoms in total. The van der Waals surface area contributed by atoms with Gasteiger partial charge in [-0.2, -0.15) is 5.10 Å². The van der Waals surface area contributed by atoms with Crippen LogP contribution in [-0.2, 0) is 0 Å². The minimum atomic E-state index is -0.191. The van der Waals surface area contributed by atoms with Gasteiger partial charge in [-0.15, -0.1) is 0 Å². The van der Waals surface area contributed by atoms with Crippen molar-refractivity contribution in [2.24, 2.45) is 0 Å². The standard InChI is InChI=1S/C20H23N5O/c1-14-12-15(2)25-19(22-14)18(13-21-25)20(26)23-16-6-8-17(9-7-16)24-10-4-3-5-11-24/h6-9,12-13H,3-5,10-11H2,1-2H3,(H,23,26). The first-order chi connectivity index (χ1) is 12.6. The van der Waals surface area contributed by atoms with Crippen molar-refractivity contribution in [1.29, 1.82) is 0 Å². The maximum Gasteiger partial charge on any atom is 0.261 e. The van der Waals surface area contributed by atoms with Gasteiger partial charge in [-0.1, -0.05) is 0 Å². The van der Waals surface area contributed by atoms with E-state index >= 15 is 0 Å². The highest BCUT2D eigenvalue weighted by Gasteiger charge is 2.16. The molecule has 0 unspecified atom stereocenters. The molecule has 1 aromatic carbocycles. The third kappa shape index (κ3) is 3.14. The number of benzene rings is 1. The molecule has 1 fully saturated rings. The molecule has 6 heteroatoms. The minimum absolute atomic E-state index is 0.191. The van der Waals surface area contributed by atoms with Crippen molar-refractivity contribution in [2.75, 3.05) is 23.3 Å². The highest BCUT2D eigenvalue weighted by atomic mass is 16.1. The SMILES string of the molecule is Cc1cc(C)n2ncc(C(=O)Nc3ccc(N4CCCCC4)cc3)c2n1. The average molecular weight is 349 g/mol. The molecule has 0 aliphatic carbocycles. The van der Waals surface area contributed by atoms with E-state index in [1.54, 1.807) is 10.7 Å². The number of anilines is 2. The minimum Gasteiger partial charge on any atom is -0.372 e. The summed E-state index contributed by atoms with van der Waals surface area (Å²) in [6.07, 6.45) is 5.39. The van der Waals surface area contributed by atoms with E-state index in [1.807, 2.05) is 32.0 Å². The van der Waals surface area contributed by atoms with Crippen LogP contribution < -0.4 is 10.2 Å². The molecule has 0 spiro atoms. The van der Waals surface area contributed by atoms with E-state index < -0.39 is 0 Å². The number of carbonyl (C=O) groups excluding carboxylic acids is 1. The zero-order valence-electron chi connectivity index (χ0n) is 15.2. The van der Waals surface area contributed by atoms with Crippen molar-refractivity contribution in [1.82, 2.24) is 14.6 Å². The number of nitrogens with zero attached hydrogens (tertiary/aromatic N) is 4. The number of piperidine rings is 1. The number of nitrogens with one attached hydrogen (secondary N) is 1. The molecular weight excluding hydrogens is 326 g/mol. The van der Waals surface area contributed by atoms with Gasteiger partial charge in [0.1, 0.15) is 5.56 Å². The lowest BCUT2D eigenvalue weighted by Gasteiger charge is -2.28. The number of rotatable bonds is 3. The molecule has 0 atom stereocenters. The third-order valence-corrected chi connectivity index (χ3v) is 4.87. The van der Waals surface area contributed by atoms with E-state index in [1.165, 1.54) is 24.9 Å². The highest BCUT2D eigenvalue weighted by molar-refractivity contribution is 6.08. The number of fused-ring (bicyclic) bond motifs is 1. The lowest BCUT2D eigenvalue weighted by Crippen LogP contribution is -2.29. The van der Waals surface area contributed by atoms with Gasteiger partial charge in [0.2, 0.25) is 0 Å². The molecule has 0 radical (unpaired) electrons. The van der Waals surface area contributed by atoms with Crippen LogP contribution in [-0.4, -0.2) is 33.6 Å². The van der Waals surface area contributed by atoms with Gasteiger partial charge in [0.05, 0.1) is 6.20 Å². The Labute approximate surface area is 152 Å². The van der Waals surface area contributed by atoms with Crippen LogP contribution in [0, 0.1) is 13.8 Å². The molecule has 0 bridgehead atoms. The molecule has 1 amide bonds. The maximum atomic E-state index is 12.7. The normalized spacial score (nSPS) is 14.6. The van der Waals surface area contributed by atoms with E-state index in [4.69, 9.17) is 0 Å². The molecule has 0 saturated carbocycles. The van der Waals surface area contributed by atoms with Gasteiger partial charge < -0.3 is 10.2 Å². The molecule has 1 aliphatic rings. The predicted molar refractivity (Wildman–Crippen MR) is 103 cm³/mol. The van der Waals surface area contributed by atoms with Gasteiger partial charge in [-0.25, -0.2) is 9.50 Å². The lowest BCUT2D eigenvalue weighted by molar-refractivity contribution is 0.102. The van der Waals surface area contributed by atoms with Crippen molar-refractivity contribution in [2.45, 2.75) is 33.1 Å². The Morgan fingerprint density at radius 1 is 1.08 bits per heavy atom. The first-order valence-electron chi connectivity index (χ1n) is 9.10. The summed E-state index contributed by atoms with van der Waals surface area (Å²) in [4.78, 5) is 19.5. The van der Waals surface area contributed by atoms with Crippen LogP contribution in [0.25, 0.3) is 5.65 Å². The van der Waals surface area contributed by atoms with Crippen LogP contribution >= 0.6 is 0 Å². The fraction of sp³-hybridized carbons (Fsp3) is 0.350. The second kappa shape index (κ2) is 6.78. The fourth-order valence-electron chi connectivity index (χ4n) is 3.54. The molecule has 26 heavy (non-hydrogen) atoms. The Morgan fingerprint density at radius 3 is 2.54 bits per heavy atom. The monoisotopic (exact) mass is 349 g/mol. The third-order valence-electron chi connectivity index (χ3n) is 4.87. The lowest BCUT2D eigenvalue weighted by atomic mass is 10.1. The number of hydrogen-bond donors (Lipinski definition) is 1. The summed E-state index contributed by atoms with van der Waals surface area (Å²) < 4.78 is 1.70. The zero-order valence-corrected chi connectivity index (χ0v) is 15.2. The molecule has 1 aliphatic heterocycles. The topological polar surface area (TPSA) is 62.5 Å². The van der Waals surface area contributed by atoms with Gasteiger partial charge in [-0.05, 0) is 63.4 Å². The first kappa shape index (κ1) is 16.6. The van der Waals surface area contributed by atoms with Gasteiger partial charge >= 0.3 is 0 Å². The molecule has 3 heterocycles. The fourth-order valence-corrected chi connectivity index (χ4v) is 3.54. The van der Waals surface area contributed by atoms with E-state index in [2.05, 4.69) is 32.4 Å².